The lowest BCUT2D eigenvalue weighted by Crippen LogP contribution is -1.99. The molecule has 0 saturated heterocycles. The van der Waals surface area contributed by atoms with Gasteiger partial charge in [-0.3, -0.25) is 0 Å². The summed E-state index contributed by atoms with van der Waals surface area (Å²) in [6, 6.07) is 4.90. The third kappa shape index (κ3) is 3.87. The van der Waals surface area contributed by atoms with E-state index in [1.807, 2.05) is 6.92 Å². The highest BCUT2D eigenvalue weighted by atomic mass is 32.3. The molecule has 0 fully saturated rings. The van der Waals surface area contributed by atoms with Gasteiger partial charge in [-0.1, -0.05) is 6.07 Å². The quantitative estimate of drug-likeness (QED) is 0.747. The van der Waals surface area contributed by atoms with E-state index in [4.69, 9.17) is 4.74 Å². The maximum atomic E-state index is 12.4. The van der Waals surface area contributed by atoms with Crippen molar-refractivity contribution in [3.05, 3.63) is 29.3 Å². The Bertz CT molecular complexity index is 440. The van der Waals surface area contributed by atoms with Gasteiger partial charge in [0.15, 0.2) is 0 Å². The van der Waals surface area contributed by atoms with Crippen LogP contribution in [0.1, 0.15) is 18.1 Å². The third-order valence-electron chi connectivity index (χ3n) is 1.95. The highest BCUT2D eigenvalue weighted by Gasteiger charge is 2.11. The first-order valence-corrected chi connectivity index (χ1v) is 6.12. The zero-order valence-corrected chi connectivity index (χ0v) is 9.47. The van der Waals surface area contributed by atoms with Crippen LogP contribution in [0.2, 0.25) is 0 Å². The van der Waals surface area contributed by atoms with Crippen LogP contribution in [0, 0.1) is 6.92 Å². The van der Waals surface area contributed by atoms with Gasteiger partial charge in [0.25, 0.3) is 0 Å². The molecule has 0 radical (unpaired) electrons. The molecule has 0 aromatic heterocycles. The first-order valence-electron chi connectivity index (χ1n) is 4.57. The molecule has 0 aliphatic rings. The van der Waals surface area contributed by atoms with Crippen LogP contribution in [-0.4, -0.2) is 15.0 Å². The minimum absolute atomic E-state index is 0.459. The van der Waals surface area contributed by atoms with E-state index in [2.05, 4.69) is 0 Å². The van der Waals surface area contributed by atoms with Crippen molar-refractivity contribution in [2.75, 3.05) is 6.61 Å². The highest BCUT2D eigenvalue weighted by molar-refractivity contribution is 7.85. The Morgan fingerprint density at radius 2 is 2.07 bits per heavy atom. The van der Waals surface area contributed by atoms with Gasteiger partial charge < -0.3 is 4.74 Å². The van der Waals surface area contributed by atoms with E-state index in [9.17, 15) is 12.3 Å². The Kier molecular flexibility index (Phi) is 3.68. The van der Waals surface area contributed by atoms with Crippen LogP contribution in [-0.2, 0) is 16.0 Å². The van der Waals surface area contributed by atoms with E-state index < -0.39 is 16.0 Å². The summed E-state index contributed by atoms with van der Waals surface area (Å²) in [4.78, 5) is 0. The fourth-order valence-corrected chi connectivity index (χ4v) is 1.97. The number of hydrogen-bond acceptors (Lipinski definition) is 3. The van der Waals surface area contributed by atoms with E-state index in [0.29, 0.717) is 23.5 Å². The average Bonchev–Trinajstić information content (AvgIpc) is 2.08. The molecule has 0 atom stereocenters. The lowest BCUT2D eigenvalue weighted by Gasteiger charge is -2.07. The second kappa shape index (κ2) is 4.61. The fourth-order valence-electron chi connectivity index (χ4n) is 1.27. The van der Waals surface area contributed by atoms with Crippen LogP contribution in [0.4, 0.5) is 3.89 Å². The Labute approximate surface area is 89.1 Å². The van der Waals surface area contributed by atoms with Gasteiger partial charge in [-0.05, 0) is 37.1 Å². The summed E-state index contributed by atoms with van der Waals surface area (Å²) < 4.78 is 38.6. The predicted octanol–water partition coefficient (Wildman–Crippen LogP) is 2.19. The van der Waals surface area contributed by atoms with Crippen molar-refractivity contribution in [3.8, 4) is 5.75 Å². The van der Waals surface area contributed by atoms with Crippen LogP contribution in [0.5, 0.6) is 5.75 Å². The molecule has 0 bridgehead atoms. The number of benzene rings is 1. The molecule has 5 heteroatoms. The van der Waals surface area contributed by atoms with Crippen molar-refractivity contribution in [3.63, 3.8) is 0 Å². The van der Waals surface area contributed by atoms with Crippen LogP contribution >= 0.6 is 0 Å². The topological polar surface area (TPSA) is 43.4 Å². The first kappa shape index (κ1) is 12.0. The molecular formula is C10H13FO3S. The molecule has 0 unspecified atom stereocenters. The summed E-state index contributed by atoms with van der Waals surface area (Å²) in [6.07, 6.45) is 0. The van der Waals surface area contributed by atoms with Gasteiger partial charge in [-0.2, -0.15) is 8.42 Å². The summed E-state index contributed by atoms with van der Waals surface area (Å²) in [5.74, 6) is 0.0839. The molecule has 1 aromatic carbocycles. The maximum absolute atomic E-state index is 12.4. The normalized spacial score (nSPS) is 11.4. The smallest absolute Gasteiger partial charge is 0.306 e. The molecule has 0 heterocycles. The van der Waals surface area contributed by atoms with Crippen molar-refractivity contribution in [1.29, 1.82) is 0 Å². The van der Waals surface area contributed by atoms with Crippen LogP contribution in [0.3, 0.4) is 0 Å². The molecule has 0 aliphatic carbocycles. The van der Waals surface area contributed by atoms with E-state index in [0.717, 1.165) is 0 Å². The van der Waals surface area contributed by atoms with Gasteiger partial charge in [-0.15, -0.1) is 3.89 Å². The molecule has 15 heavy (non-hydrogen) atoms. The molecule has 0 saturated carbocycles. The molecule has 1 rings (SSSR count). The summed E-state index contributed by atoms with van der Waals surface area (Å²) in [7, 11) is -4.47. The highest BCUT2D eigenvalue weighted by Crippen LogP contribution is 2.19. The summed E-state index contributed by atoms with van der Waals surface area (Å²) in [5, 5.41) is 0. The molecule has 0 aliphatic heterocycles. The Morgan fingerprint density at radius 1 is 1.40 bits per heavy atom. The molecule has 0 amide bonds. The van der Waals surface area contributed by atoms with E-state index >= 15 is 0 Å². The van der Waals surface area contributed by atoms with Crippen molar-refractivity contribution >= 4 is 10.2 Å². The number of aryl methyl sites for hydroxylation is 1. The molecule has 1 aromatic rings. The monoisotopic (exact) mass is 232 g/mol. The van der Waals surface area contributed by atoms with Crippen LogP contribution in [0.25, 0.3) is 0 Å². The van der Waals surface area contributed by atoms with Crippen LogP contribution < -0.4 is 4.74 Å². The van der Waals surface area contributed by atoms with Crippen molar-refractivity contribution in [1.82, 2.24) is 0 Å². The largest absolute Gasteiger partial charge is 0.494 e. The number of halogens is 1. The Balaban J connectivity index is 2.93. The van der Waals surface area contributed by atoms with Crippen molar-refractivity contribution in [2.24, 2.45) is 0 Å². The summed E-state index contributed by atoms with van der Waals surface area (Å²) in [6.45, 7) is 4.12. The van der Waals surface area contributed by atoms with Gasteiger partial charge in [0, 0.05) is 0 Å². The standard InChI is InChI=1S/C10H13FO3S/c1-3-14-10-5-4-9(8(2)6-10)7-15(11,12)13/h4-6H,3,7H2,1-2H3. The van der Waals surface area contributed by atoms with Crippen molar-refractivity contribution in [2.45, 2.75) is 19.6 Å². The van der Waals surface area contributed by atoms with E-state index in [1.165, 1.54) is 0 Å². The lowest BCUT2D eigenvalue weighted by molar-refractivity contribution is 0.340. The minimum atomic E-state index is -4.47. The van der Waals surface area contributed by atoms with E-state index in [1.54, 1.807) is 25.1 Å². The fraction of sp³-hybridized carbons (Fsp3) is 0.400. The van der Waals surface area contributed by atoms with Gasteiger partial charge in [0.1, 0.15) is 11.5 Å². The van der Waals surface area contributed by atoms with Gasteiger partial charge in [-0.25, -0.2) is 0 Å². The number of hydrogen-bond donors (Lipinski definition) is 0. The molecule has 3 nitrogen and oxygen atoms in total. The molecule has 0 spiro atoms. The Hall–Kier alpha value is -1.10. The maximum Gasteiger partial charge on any atom is 0.306 e. The van der Waals surface area contributed by atoms with E-state index in [-0.39, 0.29) is 0 Å². The third-order valence-corrected chi connectivity index (χ3v) is 2.61. The summed E-state index contributed by atoms with van der Waals surface area (Å²) in [5.41, 5.74) is 1.17. The second-order valence-corrected chi connectivity index (χ2v) is 4.57. The van der Waals surface area contributed by atoms with Crippen LogP contribution in [0.15, 0.2) is 18.2 Å². The van der Waals surface area contributed by atoms with Crippen molar-refractivity contribution < 1.29 is 17.0 Å². The van der Waals surface area contributed by atoms with Gasteiger partial charge in [0.05, 0.1) is 6.61 Å². The molecule has 84 valence electrons. The second-order valence-electron chi connectivity index (χ2n) is 3.20. The van der Waals surface area contributed by atoms with Gasteiger partial charge in [0.2, 0.25) is 0 Å². The van der Waals surface area contributed by atoms with Gasteiger partial charge >= 0.3 is 10.2 Å². The molecule has 0 N–H and O–H groups in total. The summed E-state index contributed by atoms with van der Waals surface area (Å²) >= 11 is 0. The first-order chi connectivity index (χ1) is 6.92. The lowest BCUT2D eigenvalue weighted by atomic mass is 10.1. The zero-order chi connectivity index (χ0) is 11.5. The SMILES string of the molecule is CCOc1ccc(CS(=O)(=O)F)c(C)c1. The zero-order valence-electron chi connectivity index (χ0n) is 8.66. The average molecular weight is 232 g/mol. The Morgan fingerprint density at radius 3 is 2.53 bits per heavy atom. The number of rotatable bonds is 4. The predicted molar refractivity (Wildman–Crippen MR) is 56.1 cm³/mol. The number of ether oxygens (including phenoxy) is 1. The molecular weight excluding hydrogens is 219 g/mol. The minimum Gasteiger partial charge on any atom is -0.494 e.